The molecule has 0 radical (unpaired) electrons. The normalized spacial score (nSPS) is 10.7. The Kier molecular flexibility index (Phi) is 4.54. The van der Waals surface area contributed by atoms with Crippen LogP contribution in [0.15, 0.2) is 24.4 Å². The van der Waals surface area contributed by atoms with Crippen LogP contribution < -0.4 is 0 Å². The van der Waals surface area contributed by atoms with Gasteiger partial charge in [0.25, 0.3) is 0 Å². The van der Waals surface area contributed by atoms with Crippen LogP contribution in [0.5, 0.6) is 0 Å². The summed E-state index contributed by atoms with van der Waals surface area (Å²) in [6.07, 6.45) is 3.53. The fourth-order valence-corrected chi connectivity index (χ4v) is 2.56. The van der Waals surface area contributed by atoms with Crippen LogP contribution in [-0.2, 0) is 18.7 Å². The Labute approximate surface area is 119 Å². The zero-order valence-electron chi connectivity index (χ0n) is 11.7. The van der Waals surface area contributed by atoms with Crippen LogP contribution in [0, 0.1) is 13.8 Å². The maximum atomic E-state index is 5.88. The number of aryl methyl sites for hydroxylation is 3. The third-order valence-electron chi connectivity index (χ3n) is 3.13. The maximum Gasteiger partial charge on any atom is 0.132 e. The number of benzene rings is 1. The monoisotopic (exact) mass is 274 g/mol. The fraction of sp³-hybridized carbons (Fsp3) is 0.375. The van der Waals surface area contributed by atoms with Crippen molar-refractivity contribution in [2.24, 2.45) is 0 Å². The minimum absolute atomic E-state index is 0.479. The molecule has 0 N–H and O–H groups in total. The highest BCUT2D eigenvalue weighted by molar-refractivity contribution is 6.17. The fourth-order valence-electron chi connectivity index (χ4n) is 2.34. The molecule has 0 saturated heterocycles. The van der Waals surface area contributed by atoms with Gasteiger partial charge in [0.2, 0.25) is 0 Å². The van der Waals surface area contributed by atoms with E-state index in [-0.39, 0.29) is 0 Å². The third kappa shape index (κ3) is 3.54. The van der Waals surface area contributed by atoms with E-state index in [9.17, 15) is 0 Å². The minimum atomic E-state index is 0.479. The number of nitrogens with zero attached hydrogens (tertiary/aromatic N) is 2. The predicted molar refractivity (Wildman–Crippen MR) is 79.7 cm³/mol. The SMILES string of the molecule is CCc1nc(Cc2cc(C)cc(C)c2)ncc1CCl. The molecule has 2 aromatic rings. The van der Waals surface area contributed by atoms with Crippen LogP contribution in [0.4, 0.5) is 0 Å². The van der Waals surface area contributed by atoms with Gasteiger partial charge >= 0.3 is 0 Å². The van der Waals surface area contributed by atoms with E-state index >= 15 is 0 Å². The van der Waals surface area contributed by atoms with Gasteiger partial charge in [-0.2, -0.15) is 0 Å². The van der Waals surface area contributed by atoms with Crippen LogP contribution >= 0.6 is 11.6 Å². The van der Waals surface area contributed by atoms with Crippen molar-refractivity contribution >= 4 is 11.6 Å². The topological polar surface area (TPSA) is 25.8 Å². The summed E-state index contributed by atoms with van der Waals surface area (Å²) >= 11 is 5.88. The van der Waals surface area contributed by atoms with Gasteiger partial charge in [0, 0.05) is 23.9 Å². The summed E-state index contributed by atoms with van der Waals surface area (Å²) in [5.74, 6) is 1.35. The van der Waals surface area contributed by atoms with Crippen molar-refractivity contribution in [2.45, 2.75) is 39.5 Å². The Morgan fingerprint density at radius 2 is 1.79 bits per heavy atom. The van der Waals surface area contributed by atoms with Gasteiger partial charge in [0.05, 0.1) is 5.88 Å². The lowest BCUT2D eigenvalue weighted by molar-refractivity contribution is 0.883. The maximum absolute atomic E-state index is 5.88. The van der Waals surface area contributed by atoms with Gasteiger partial charge in [-0.15, -0.1) is 11.6 Å². The molecule has 0 amide bonds. The average Bonchev–Trinajstić information content (AvgIpc) is 2.37. The first-order chi connectivity index (χ1) is 9.12. The number of aromatic nitrogens is 2. The van der Waals surface area contributed by atoms with Gasteiger partial charge in [0.1, 0.15) is 5.82 Å². The number of hydrogen-bond donors (Lipinski definition) is 0. The summed E-state index contributed by atoms with van der Waals surface area (Å²) in [7, 11) is 0. The van der Waals surface area contributed by atoms with E-state index in [1.165, 1.54) is 16.7 Å². The Morgan fingerprint density at radius 3 is 2.37 bits per heavy atom. The van der Waals surface area contributed by atoms with Gasteiger partial charge in [0.15, 0.2) is 0 Å². The predicted octanol–water partition coefficient (Wildman–Crippen LogP) is 3.99. The molecular formula is C16H19ClN2. The number of hydrogen-bond acceptors (Lipinski definition) is 2. The van der Waals surface area contributed by atoms with Gasteiger partial charge in [-0.1, -0.05) is 36.2 Å². The van der Waals surface area contributed by atoms with Crippen LogP contribution in [0.25, 0.3) is 0 Å². The average molecular weight is 275 g/mol. The van der Waals surface area contributed by atoms with Gasteiger partial charge in [-0.25, -0.2) is 9.97 Å². The first kappa shape index (κ1) is 14.0. The van der Waals surface area contributed by atoms with Crippen molar-refractivity contribution in [3.63, 3.8) is 0 Å². The van der Waals surface area contributed by atoms with Crippen molar-refractivity contribution < 1.29 is 0 Å². The number of rotatable bonds is 4. The van der Waals surface area contributed by atoms with E-state index in [1.807, 2.05) is 6.20 Å². The Morgan fingerprint density at radius 1 is 1.11 bits per heavy atom. The molecule has 19 heavy (non-hydrogen) atoms. The molecule has 0 saturated carbocycles. The summed E-state index contributed by atoms with van der Waals surface area (Å²) in [5, 5.41) is 0. The van der Waals surface area contributed by atoms with Crippen LogP contribution in [-0.4, -0.2) is 9.97 Å². The second kappa shape index (κ2) is 6.16. The third-order valence-corrected chi connectivity index (χ3v) is 3.41. The second-order valence-electron chi connectivity index (χ2n) is 4.92. The molecule has 2 rings (SSSR count). The Balaban J connectivity index is 2.28. The quantitative estimate of drug-likeness (QED) is 0.788. The first-order valence-corrected chi connectivity index (χ1v) is 7.12. The number of halogens is 1. The lowest BCUT2D eigenvalue weighted by atomic mass is 10.0. The van der Waals surface area contributed by atoms with Crippen molar-refractivity contribution in [1.82, 2.24) is 9.97 Å². The molecule has 0 aliphatic rings. The molecule has 1 aromatic carbocycles. The highest BCUT2D eigenvalue weighted by atomic mass is 35.5. The van der Waals surface area contributed by atoms with Crippen LogP contribution in [0.2, 0.25) is 0 Å². The lowest BCUT2D eigenvalue weighted by Crippen LogP contribution is -2.03. The summed E-state index contributed by atoms with van der Waals surface area (Å²) in [5.41, 5.74) is 5.92. The molecule has 3 heteroatoms. The van der Waals surface area contributed by atoms with Crippen molar-refractivity contribution in [3.05, 3.63) is 58.2 Å². The van der Waals surface area contributed by atoms with Gasteiger partial charge < -0.3 is 0 Å². The molecule has 1 heterocycles. The van der Waals surface area contributed by atoms with E-state index in [0.717, 1.165) is 29.9 Å². The van der Waals surface area contributed by atoms with Crippen LogP contribution in [0.3, 0.4) is 0 Å². The highest BCUT2D eigenvalue weighted by Crippen LogP contribution is 2.14. The van der Waals surface area contributed by atoms with Crippen molar-refractivity contribution in [2.75, 3.05) is 0 Å². The molecular weight excluding hydrogens is 256 g/mol. The standard InChI is InChI=1S/C16H19ClN2/c1-4-15-14(9-17)10-18-16(19-15)8-13-6-11(2)5-12(3)7-13/h5-7,10H,4,8-9H2,1-3H3. The molecule has 0 aliphatic carbocycles. The molecule has 0 bridgehead atoms. The molecule has 0 fully saturated rings. The molecule has 100 valence electrons. The largest absolute Gasteiger partial charge is 0.241 e. The molecule has 0 atom stereocenters. The van der Waals surface area contributed by atoms with Crippen molar-refractivity contribution in [3.8, 4) is 0 Å². The minimum Gasteiger partial charge on any atom is -0.241 e. The molecule has 1 aromatic heterocycles. The van der Waals surface area contributed by atoms with E-state index in [4.69, 9.17) is 11.6 Å². The molecule has 0 aliphatic heterocycles. The zero-order chi connectivity index (χ0) is 13.8. The lowest BCUT2D eigenvalue weighted by Gasteiger charge is -2.08. The first-order valence-electron chi connectivity index (χ1n) is 6.59. The smallest absolute Gasteiger partial charge is 0.132 e. The summed E-state index contributed by atoms with van der Waals surface area (Å²) in [6, 6.07) is 6.56. The number of alkyl halides is 1. The summed E-state index contributed by atoms with van der Waals surface area (Å²) < 4.78 is 0. The summed E-state index contributed by atoms with van der Waals surface area (Å²) in [6.45, 7) is 6.33. The van der Waals surface area contributed by atoms with Crippen LogP contribution in [0.1, 0.15) is 40.7 Å². The van der Waals surface area contributed by atoms with Gasteiger partial charge in [-0.3, -0.25) is 0 Å². The Hall–Kier alpha value is -1.41. The van der Waals surface area contributed by atoms with Gasteiger partial charge in [-0.05, 0) is 25.8 Å². The van der Waals surface area contributed by atoms with Crippen molar-refractivity contribution in [1.29, 1.82) is 0 Å². The summed E-state index contributed by atoms with van der Waals surface area (Å²) in [4.78, 5) is 9.04. The molecule has 0 unspecified atom stereocenters. The highest BCUT2D eigenvalue weighted by Gasteiger charge is 2.06. The van der Waals surface area contributed by atoms with E-state index < -0.39 is 0 Å². The Bertz CT molecular complexity index is 559. The zero-order valence-corrected chi connectivity index (χ0v) is 12.5. The van der Waals surface area contributed by atoms with E-state index in [1.54, 1.807) is 0 Å². The molecule has 0 spiro atoms. The molecule has 2 nitrogen and oxygen atoms in total. The second-order valence-corrected chi connectivity index (χ2v) is 5.19. The van der Waals surface area contributed by atoms with E-state index in [0.29, 0.717) is 5.88 Å². The van der Waals surface area contributed by atoms with E-state index in [2.05, 4.69) is 48.9 Å².